The van der Waals surface area contributed by atoms with Crippen LogP contribution in [0.3, 0.4) is 0 Å². The molecule has 99 heavy (non-hydrogen) atoms. The molecule has 1 atom stereocenters. The molecule has 12 aromatic rings. The molecule has 0 spiro atoms. The Morgan fingerprint density at radius 1 is 0.525 bits per heavy atom. The second kappa shape index (κ2) is 43.4. The number of carbonyl (C=O) groups is 1. The summed E-state index contributed by atoms with van der Waals surface area (Å²) in [6, 6.07) is 66.6. The lowest BCUT2D eigenvalue weighted by molar-refractivity contribution is 0.0830. The summed E-state index contributed by atoms with van der Waals surface area (Å²) in [4.78, 5) is 31.6. The average molecular weight is 1510 g/mol. The second-order valence-electron chi connectivity index (χ2n) is 21.3. The van der Waals surface area contributed by atoms with Crippen molar-refractivity contribution in [1.29, 1.82) is 5.41 Å². The molecule has 512 valence electrons. The zero-order valence-corrected chi connectivity index (χ0v) is 60.8. The standard InChI is InChI=1S/C22H15ClN2.C13H11N.C12H15Cl2NO.C9H5Cl2N.C9H7ClN2.C7H4Cl2O.C4H11N.H2O4S/c23-19-13-18-15-24-12-11-20(18)21(14-19)25-22(16-7-3-1-4-8-16)17-9-5-2-6-10-17;14-13(11-7-3-1-4-8-11)12-9-5-2-6-10-12;1-3-16-9(2)7-15-8-10-4-11(13)6-12(14)5-10;2*10-7-3-6-5-12-2-1-8(6)9(11)4-7;8-6-1-5(4-10)2-7(9)3-6;1-4(2)3-5;1-5(2,3)4/h1-15H;1-10,14H;4-6,8-9H,3,7H2,1-2H3;1-5H;1-5H,11H2;1-4H;4H,3,5H2,1-2H3;(H2,1,2,3,4). The molecule has 7 N–H and O–H groups in total. The van der Waals surface area contributed by atoms with Crippen LogP contribution < -0.4 is 11.5 Å². The van der Waals surface area contributed by atoms with Gasteiger partial charge in [0.1, 0.15) is 6.29 Å². The number of ether oxygens (including phenoxy) is 1. The van der Waals surface area contributed by atoms with Crippen molar-refractivity contribution in [3.8, 4) is 0 Å². The van der Waals surface area contributed by atoms with Gasteiger partial charge < -0.3 is 16.2 Å². The van der Waals surface area contributed by atoms with Crippen LogP contribution in [0.15, 0.2) is 259 Å². The van der Waals surface area contributed by atoms with E-state index in [-0.39, 0.29) is 6.10 Å². The quantitative estimate of drug-likeness (QED) is 0.0333. The van der Waals surface area contributed by atoms with Gasteiger partial charge in [-0.25, -0.2) is 4.99 Å². The third-order valence-corrected chi connectivity index (χ3v) is 14.8. The van der Waals surface area contributed by atoms with Gasteiger partial charge in [0.25, 0.3) is 0 Å². The van der Waals surface area contributed by atoms with E-state index in [1.165, 1.54) is 0 Å². The summed E-state index contributed by atoms with van der Waals surface area (Å²) in [6.45, 7) is 10.3. The molecule has 23 heteroatoms. The average Bonchev–Trinajstić information content (AvgIpc) is 0.814. The molecule has 3 aromatic heterocycles. The van der Waals surface area contributed by atoms with Crippen LogP contribution in [0.4, 0.5) is 11.4 Å². The Morgan fingerprint density at radius 2 is 0.889 bits per heavy atom. The number of anilines is 1. The fraction of sp³-hybridized carbons (Fsp3) is 0.118. The number of hydrogen-bond acceptors (Lipinski definition) is 12. The molecule has 12 rings (SSSR count). The lowest BCUT2D eigenvalue weighted by atomic mass is 10.0. The summed E-state index contributed by atoms with van der Waals surface area (Å²) in [7, 11) is -4.67. The van der Waals surface area contributed by atoms with Crippen molar-refractivity contribution in [3.63, 3.8) is 0 Å². The second-order valence-corrected chi connectivity index (χ2v) is 25.6. The van der Waals surface area contributed by atoms with Crippen molar-refractivity contribution in [1.82, 2.24) is 15.0 Å². The maximum absolute atomic E-state index is 10.2. The van der Waals surface area contributed by atoms with Crippen molar-refractivity contribution < 1.29 is 27.1 Å². The molecule has 9 aromatic carbocycles. The molecule has 0 radical (unpaired) electrons. The first-order valence-electron chi connectivity index (χ1n) is 30.1. The van der Waals surface area contributed by atoms with Gasteiger partial charge in [0, 0.05) is 145 Å². The Balaban J connectivity index is 0.000000214. The van der Waals surface area contributed by atoms with E-state index in [9.17, 15) is 4.79 Å². The normalized spacial score (nSPS) is 10.7. The Kier molecular flexibility index (Phi) is 35.7. The molecule has 14 nitrogen and oxygen atoms in total. The monoisotopic (exact) mass is 1500 g/mol. The van der Waals surface area contributed by atoms with E-state index < -0.39 is 10.4 Å². The van der Waals surface area contributed by atoms with Gasteiger partial charge in [0.05, 0.1) is 29.8 Å². The van der Waals surface area contributed by atoms with E-state index >= 15 is 0 Å². The third kappa shape index (κ3) is 30.8. The largest absolute Gasteiger partial charge is 0.398 e. The minimum Gasteiger partial charge on any atom is -0.398 e. The maximum Gasteiger partial charge on any atom is 0.394 e. The number of hydrogen-bond donors (Lipinski definition) is 5. The number of fused-ring (bicyclic) bond motifs is 3. The lowest BCUT2D eigenvalue weighted by Crippen LogP contribution is -2.11. The zero-order chi connectivity index (χ0) is 72.3. The molecule has 0 fully saturated rings. The number of pyridine rings is 3. The molecule has 3 heterocycles. The molecule has 0 saturated heterocycles. The molecule has 0 amide bonds. The summed E-state index contributed by atoms with van der Waals surface area (Å²) in [6.07, 6.45) is 13.1. The van der Waals surface area contributed by atoms with Crippen molar-refractivity contribution >= 4 is 171 Å². The van der Waals surface area contributed by atoms with Crippen LogP contribution in [0, 0.1) is 11.3 Å². The van der Waals surface area contributed by atoms with Gasteiger partial charge in [-0.2, -0.15) is 8.42 Å². The highest BCUT2D eigenvalue weighted by molar-refractivity contribution is 7.79. The van der Waals surface area contributed by atoms with Gasteiger partial charge in [-0.1, -0.05) is 228 Å². The molecular formula is C76H70Cl8N8O6S. The van der Waals surface area contributed by atoms with E-state index in [4.69, 9.17) is 137 Å². The highest BCUT2D eigenvalue weighted by Crippen LogP contribution is 2.32. The molecule has 0 aliphatic carbocycles. The van der Waals surface area contributed by atoms with Crippen LogP contribution in [0.5, 0.6) is 0 Å². The fourth-order valence-electron chi connectivity index (χ4n) is 8.50. The molecule has 0 saturated carbocycles. The molecule has 0 aliphatic heterocycles. The number of benzene rings is 9. The summed E-state index contributed by atoms with van der Waals surface area (Å²) >= 11 is 46.8. The maximum atomic E-state index is 10.2. The van der Waals surface area contributed by atoms with Crippen LogP contribution >= 0.6 is 92.8 Å². The van der Waals surface area contributed by atoms with E-state index in [1.807, 2.05) is 172 Å². The molecule has 1 unspecified atom stereocenters. The van der Waals surface area contributed by atoms with Gasteiger partial charge in [0.2, 0.25) is 0 Å². The highest BCUT2D eigenvalue weighted by Gasteiger charge is 2.11. The number of aliphatic imine (C=N–C) groups is 2. The van der Waals surface area contributed by atoms with Crippen molar-refractivity contribution in [3.05, 3.63) is 323 Å². The van der Waals surface area contributed by atoms with E-state index in [0.29, 0.717) is 82.5 Å². The van der Waals surface area contributed by atoms with Crippen molar-refractivity contribution in [2.45, 2.75) is 33.8 Å². The van der Waals surface area contributed by atoms with E-state index in [1.54, 1.807) is 73.6 Å². The van der Waals surface area contributed by atoms with Crippen molar-refractivity contribution in [2.24, 2.45) is 21.6 Å². The highest BCUT2D eigenvalue weighted by atomic mass is 35.5. The SMILES string of the molecule is CC(C)CN.CCOC(C)CN=Cc1cc(Cl)cc(Cl)c1.Clc1cc(Cl)c2ccncc2c1.Clc1cc(N=C(c2ccccc2)c2ccccc2)c2ccncc2c1.N=C(c1ccccc1)c1ccccc1.Nc1cc(Cl)cc2cnccc12.O=Cc1cc(Cl)cc(Cl)c1.O=S(=O)(O)O. The first-order valence-corrected chi connectivity index (χ1v) is 34.5. The topological polar surface area (TPSA) is 240 Å². The van der Waals surface area contributed by atoms with Gasteiger partial charge in [-0.3, -0.25) is 39.3 Å². The predicted octanol–water partition coefficient (Wildman–Crippen LogP) is 21.8. The van der Waals surface area contributed by atoms with Gasteiger partial charge >= 0.3 is 10.4 Å². The number of aromatic nitrogens is 3. The lowest BCUT2D eigenvalue weighted by Gasteiger charge is -2.09. The smallest absolute Gasteiger partial charge is 0.394 e. The van der Waals surface area contributed by atoms with Crippen LogP contribution in [-0.2, 0) is 15.1 Å². The summed E-state index contributed by atoms with van der Waals surface area (Å²) in [5.74, 6) is 0.662. The molecule has 0 aliphatic rings. The molecule has 0 bridgehead atoms. The summed E-state index contributed by atoms with van der Waals surface area (Å²) < 4.78 is 36.9. The number of nitrogens with zero attached hydrogens (tertiary/aromatic N) is 5. The number of nitrogen functional groups attached to an aromatic ring is 1. The number of aldehydes is 1. The van der Waals surface area contributed by atoms with Crippen LogP contribution in [-0.4, -0.2) is 82.2 Å². The van der Waals surface area contributed by atoms with Crippen LogP contribution in [0.25, 0.3) is 32.3 Å². The minimum atomic E-state index is -4.67. The van der Waals surface area contributed by atoms with Gasteiger partial charge in [-0.05, 0) is 134 Å². The van der Waals surface area contributed by atoms with E-state index in [0.717, 1.165) is 78.1 Å². The van der Waals surface area contributed by atoms with Gasteiger partial charge in [0.15, 0.2) is 0 Å². The first kappa shape index (κ1) is 81.5. The Hall–Kier alpha value is -8.20. The predicted molar refractivity (Wildman–Crippen MR) is 417 cm³/mol. The summed E-state index contributed by atoms with van der Waals surface area (Å²) in [5, 5.41) is 18.7. The zero-order valence-electron chi connectivity index (χ0n) is 54.0. The minimum absolute atomic E-state index is 0.135. The van der Waals surface area contributed by atoms with E-state index in [2.05, 4.69) is 58.1 Å². The van der Waals surface area contributed by atoms with Crippen molar-refractivity contribution in [2.75, 3.05) is 25.4 Å². The number of nitrogens with two attached hydrogens (primary N) is 2. The number of rotatable bonds is 12. The number of carbonyl (C=O) groups excluding carboxylic acids is 1. The number of halogens is 8. The fourth-order valence-corrected chi connectivity index (χ4v) is 10.6. The molecular weight excluding hydrogens is 1440 g/mol. The van der Waals surface area contributed by atoms with Crippen LogP contribution in [0.2, 0.25) is 40.2 Å². The Bertz CT molecular complexity index is 4470. The van der Waals surface area contributed by atoms with Crippen LogP contribution in [0.1, 0.15) is 65.9 Å². The Labute approximate surface area is 617 Å². The first-order chi connectivity index (χ1) is 47.3. The summed E-state index contributed by atoms with van der Waals surface area (Å²) in [5.41, 5.74) is 19.4. The Morgan fingerprint density at radius 3 is 1.31 bits per heavy atom. The van der Waals surface area contributed by atoms with Gasteiger partial charge in [-0.15, -0.1) is 0 Å². The third-order valence-electron chi connectivity index (χ3n) is 13.0. The number of nitrogens with one attached hydrogen (secondary N) is 1.